The standard InChI is InChI=1S/C17H22N2O4/c1-18-11-6-7-12(18)10-19(9-8-11)16(21)13-4-3-5-14(15(13)20)17(22)23-2/h3-5,11-12,20H,6-10H2,1-2H3. The molecule has 2 atom stereocenters. The Hall–Kier alpha value is -2.08. The predicted molar refractivity (Wildman–Crippen MR) is 84.5 cm³/mol. The average Bonchev–Trinajstić information content (AvgIpc) is 2.79. The third kappa shape index (κ3) is 2.79. The number of ether oxygens (including phenoxy) is 1. The molecule has 6 heteroatoms. The number of rotatable bonds is 2. The van der Waals surface area contributed by atoms with Crippen LogP contribution >= 0.6 is 0 Å². The zero-order valence-corrected chi connectivity index (χ0v) is 13.5. The van der Waals surface area contributed by atoms with Gasteiger partial charge in [0.25, 0.3) is 5.91 Å². The third-order valence-corrected chi connectivity index (χ3v) is 5.11. The lowest BCUT2D eigenvalue weighted by Crippen LogP contribution is -2.39. The summed E-state index contributed by atoms with van der Waals surface area (Å²) >= 11 is 0. The quantitative estimate of drug-likeness (QED) is 0.837. The summed E-state index contributed by atoms with van der Waals surface area (Å²) in [6, 6.07) is 5.51. The molecule has 0 aliphatic carbocycles. The molecule has 2 bridgehead atoms. The molecule has 6 nitrogen and oxygen atoms in total. The monoisotopic (exact) mass is 318 g/mol. The minimum atomic E-state index is -0.646. The Morgan fingerprint density at radius 1 is 1.17 bits per heavy atom. The molecule has 2 heterocycles. The molecule has 1 aromatic rings. The molecular formula is C17H22N2O4. The van der Waals surface area contributed by atoms with E-state index in [-0.39, 0.29) is 22.8 Å². The molecule has 0 radical (unpaired) electrons. The van der Waals surface area contributed by atoms with Gasteiger partial charge in [0.2, 0.25) is 0 Å². The van der Waals surface area contributed by atoms with Crippen LogP contribution in [-0.4, -0.2) is 66.1 Å². The van der Waals surface area contributed by atoms with Crippen LogP contribution in [0.25, 0.3) is 0 Å². The van der Waals surface area contributed by atoms with E-state index in [0.717, 1.165) is 12.8 Å². The van der Waals surface area contributed by atoms with Gasteiger partial charge in [0, 0.05) is 25.2 Å². The highest BCUT2D eigenvalue weighted by atomic mass is 16.5. The second-order valence-corrected chi connectivity index (χ2v) is 6.28. The van der Waals surface area contributed by atoms with E-state index >= 15 is 0 Å². The number of likely N-dealkylation sites (tertiary alicyclic amines) is 1. The number of nitrogens with zero attached hydrogens (tertiary/aromatic N) is 2. The Bertz CT molecular complexity index is 631. The second-order valence-electron chi connectivity index (χ2n) is 6.28. The lowest BCUT2D eigenvalue weighted by molar-refractivity contribution is 0.0597. The highest BCUT2D eigenvalue weighted by Crippen LogP contribution is 2.30. The Morgan fingerprint density at radius 2 is 1.87 bits per heavy atom. The first-order valence-electron chi connectivity index (χ1n) is 7.94. The molecule has 2 saturated heterocycles. The van der Waals surface area contributed by atoms with Gasteiger partial charge in [0.1, 0.15) is 11.3 Å². The summed E-state index contributed by atoms with van der Waals surface area (Å²) in [5.41, 5.74) is 0.181. The smallest absolute Gasteiger partial charge is 0.341 e. The number of carbonyl (C=O) groups excluding carboxylic acids is 2. The number of hydrogen-bond acceptors (Lipinski definition) is 5. The van der Waals surface area contributed by atoms with Gasteiger partial charge in [-0.2, -0.15) is 0 Å². The maximum Gasteiger partial charge on any atom is 0.341 e. The number of carbonyl (C=O) groups is 2. The summed E-state index contributed by atoms with van der Waals surface area (Å²) in [6.45, 7) is 1.33. The number of phenols is 1. The lowest BCUT2D eigenvalue weighted by atomic mass is 10.0. The van der Waals surface area contributed by atoms with Crippen molar-refractivity contribution in [3.8, 4) is 5.75 Å². The third-order valence-electron chi connectivity index (χ3n) is 5.11. The summed E-state index contributed by atoms with van der Waals surface area (Å²) in [7, 11) is 3.36. The molecule has 2 aliphatic rings. The highest BCUT2D eigenvalue weighted by molar-refractivity contribution is 6.02. The minimum absolute atomic E-state index is 0.0202. The van der Waals surface area contributed by atoms with Gasteiger partial charge in [-0.3, -0.25) is 9.69 Å². The van der Waals surface area contributed by atoms with Crippen LogP contribution in [-0.2, 0) is 4.74 Å². The van der Waals surface area contributed by atoms with Crippen molar-refractivity contribution in [1.82, 2.24) is 9.80 Å². The minimum Gasteiger partial charge on any atom is -0.506 e. The van der Waals surface area contributed by atoms with Crippen LogP contribution in [0, 0.1) is 0 Å². The van der Waals surface area contributed by atoms with Gasteiger partial charge >= 0.3 is 5.97 Å². The van der Waals surface area contributed by atoms with Crippen LogP contribution in [0.15, 0.2) is 18.2 Å². The van der Waals surface area contributed by atoms with Crippen molar-refractivity contribution < 1.29 is 19.4 Å². The van der Waals surface area contributed by atoms with Gasteiger partial charge in [-0.25, -0.2) is 4.79 Å². The molecule has 1 amide bonds. The number of methoxy groups -OCH3 is 1. The first-order chi connectivity index (χ1) is 11.0. The topological polar surface area (TPSA) is 70.1 Å². The highest BCUT2D eigenvalue weighted by Gasteiger charge is 2.36. The number of likely N-dealkylation sites (N-methyl/N-ethyl adjacent to an activating group) is 1. The fraction of sp³-hybridized carbons (Fsp3) is 0.529. The van der Waals surface area contributed by atoms with Gasteiger partial charge in [-0.05, 0) is 38.4 Å². The Kier molecular flexibility index (Phi) is 4.26. The maximum absolute atomic E-state index is 12.8. The van der Waals surface area contributed by atoms with Gasteiger partial charge < -0.3 is 14.7 Å². The first-order valence-corrected chi connectivity index (χ1v) is 7.94. The first kappa shape index (κ1) is 15.8. The number of hydrogen-bond donors (Lipinski definition) is 1. The molecule has 1 N–H and O–H groups in total. The molecule has 0 spiro atoms. The summed E-state index contributed by atoms with van der Waals surface area (Å²) in [5.74, 6) is -1.17. The van der Waals surface area contributed by atoms with Crippen LogP contribution in [0.4, 0.5) is 0 Å². The zero-order valence-electron chi connectivity index (χ0n) is 13.5. The summed E-state index contributed by atoms with van der Waals surface area (Å²) in [4.78, 5) is 28.6. The van der Waals surface area contributed by atoms with Crippen molar-refractivity contribution in [2.24, 2.45) is 0 Å². The molecular weight excluding hydrogens is 296 g/mol. The molecule has 2 unspecified atom stereocenters. The molecule has 124 valence electrons. The fourth-order valence-corrected chi connectivity index (χ4v) is 3.65. The summed E-state index contributed by atoms with van der Waals surface area (Å²) < 4.78 is 4.64. The van der Waals surface area contributed by atoms with Gasteiger partial charge in [0.15, 0.2) is 0 Å². The van der Waals surface area contributed by atoms with Crippen LogP contribution in [0.3, 0.4) is 0 Å². The average molecular weight is 318 g/mol. The molecule has 0 saturated carbocycles. The largest absolute Gasteiger partial charge is 0.506 e. The van der Waals surface area contributed by atoms with Crippen molar-refractivity contribution in [3.05, 3.63) is 29.3 Å². The van der Waals surface area contributed by atoms with Gasteiger partial charge in [0.05, 0.1) is 12.7 Å². The van der Waals surface area contributed by atoms with Crippen LogP contribution in [0.2, 0.25) is 0 Å². The van der Waals surface area contributed by atoms with E-state index in [1.807, 2.05) is 0 Å². The SMILES string of the molecule is COC(=O)c1cccc(C(=O)N2CCC3CCC(C2)N3C)c1O. The molecule has 2 fully saturated rings. The Labute approximate surface area is 135 Å². The van der Waals surface area contributed by atoms with E-state index in [4.69, 9.17) is 0 Å². The van der Waals surface area contributed by atoms with E-state index in [0.29, 0.717) is 25.2 Å². The summed E-state index contributed by atoms with van der Waals surface area (Å²) in [5, 5.41) is 10.3. The van der Waals surface area contributed by atoms with E-state index in [9.17, 15) is 14.7 Å². The van der Waals surface area contributed by atoms with Gasteiger partial charge in [-0.15, -0.1) is 0 Å². The predicted octanol–water partition coefficient (Wildman–Crippen LogP) is 1.49. The number of para-hydroxylation sites is 1. The Morgan fingerprint density at radius 3 is 2.61 bits per heavy atom. The number of benzene rings is 1. The molecule has 23 heavy (non-hydrogen) atoms. The lowest BCUT2D eigenvalue weighted by Gasteiger charge is -2.26. The summed E-state index contributed by atoms with van der Waals surface area (Å²) in [6.07, 6.45) is 3.22. The van der Waals surface area contributed by atoms with E-state index in [2.05, 4.69) is 16.7 Å². The molecule has 0 aromatic heterocycles. The van der Waals surface area contributed by atoms with E-state index in [1.54, 1.807) is 17.0 Å². The number of phenolic OH excluding ortho intramolecular Hbond substituents is 1. The second kappa shape index (κ2) is 6.20. The van der Waals surface area contributed by atoms with E-state index in [1.165, 1.54) is 19.6 Å². The number of fused-ring (bicyclic) bond motifs is 2. The van der Waals surface area contributed by atoms with Crippen molar-refractivity contribution in [2.45, 2.75) is 31.3 Å². The fourth-order valence-electron chi connectivity index (χ4n) is 3.65. The van der Waals surface area contributed by atoms with Crippen LogP contribution in [0.5, 0.6) is 5.75 Å². The normalized spacial score (nSPS) is 24.3. The molecule has 3 rings (SSSR count). The Balaban J connectivity index is 1.85. The van der Waals surface area contributed by atoms with E-state index < -0.39 is 5.97 Å². The van der Waals surface area contributed by atoms with Crippen molar-refractivity contribution >= 4 is 11.9 Å². The molecule has 1 aromatic carbocycles. The molecule has 2 aliphatic heterocycles. The van der Waals surface area contributed by atoms with Gasteiger partial charge in [-0.1, -0.05) is 6.07 Å². The van der Waals surface area contributed by atoms with Crippen LogP contribution < -0.4 is 0 Å². The van der Waals surface area contributed by atoms with Crippen LogP contribution in [0.1, 0.15) is 40.0 Å². The maximum atomic E-state index is 12.8. The van der Waals surface area contributed by atoms with Crippen molar-refractivity contribution in [2.75, 3.05) is 27.2 Å². The van der Waals surface area contributed by atoms with Crippen molar-refractivity contribution in [3.63, 3.8) is 0 Å². The number of aromatic hydroxyl groups is 1. The number of amides is 1. The van der Waals surface area contributed by atoms with Crippen molar-refractivity contribution in [1.29, 1.82) is 0 Å². The number of esters is 1. The zero-order chi connectivity index (χ0) is 16.6.